The number of benzene rings is 3. The zero-order chi connectivity index (χ0) is 25.2. The third-order valence-electron chi connectivity index (χ3n) is 4.63. The van der Waals surface area contributed by atoms with E-state index < -0.39 is 11.9 Å². The van der Waals surface area contributed by atoms with Crippen LogP contribution < -0.4 is 25.0 Å². The van der Waals surface area contributed by atoms with Crippen molar-refractivity contribution >= 4 is 39.9 Å². The Labute approximate surface area is 210 Å². The smallest absolute Gasteiger partial charge is 0.343 e. The Morgan fingerprint density at radius 2 is 1.74 bits per heavy atom. The fourth-order valence-electron chi connectivity index (χ4n) is 2.88. The lowest BCUT2D eigenvalue weighted by molar-refractivity contribution is -0.120. The molecule has 0 fully saturated rings. The summed E-state index contributed by atoms with van der Waals surface area (Å²) in [6, 6.07) is 18.3. The van der Waals surface area contributed by atoms with E-state index in [1.807, 2.05) is 0 Å². The van der Waals surface area contributed by atoms with E-state index in [4.69, 9.17) is 14.2 Å². The summed E-state index contributed by atoms with van der Waals surface area (Å²) in [5, 5.41) is 6.40. The van der Waals surface area contributed by atoms with Crippen molar-refractivity contribution < 1.29 is 28.6 Å². The fraction of sp³-hybridized carbons (Fsp3) is 0.120. The number of amides is 2. The monoisotopic (exact) mass is 539 g/mol. The Kier molecular flexibility index (Phi) is 8.96. The van der Waals surface area contributed by atoms with Gasteiger partial charge in [0, 0.05) is 4.47 Å². The van der Waals surface area contributed by atoms with Crippen LogP contribution in [0.1, 0.15) is 26.3 Å². The molecule has 0 saturated heterocycles. The highest BCUT2D eigenvalue weighted by Crippen LogP contribution is 2.28. The molecule has 0 radical (unpaired) electrons. The topological polar surface area (TPSA) is 115 Å². The molecule has 10 heteroatoms. The van der Waals surface area contributed by atoms with E-state index >= 15 is 0 Å². The molecule has 9 nitrogen and oxygen atoms in total. The van der Waals surface area contributed by atoms with Crippen LogP contribution >= 0.6 is 15.9 Å². The van der Waals surface area contributed by atoms with Gasteiger partial charge in [0.25, 0.3) is 11.8 Å². The molecule has 0 aromatic heterocycles. The number of methoxy groups -OCH3 is 2. The van der Waals surface area contributed by atoms with Gasteiger partial charge in [-0.05, 0) is 70.0 Å². The van der Waals surface area contributed by atoms with Crippen LogP contribution in [0.25, 0.3) is 0 Å². The Morgan fingerprint density at radius 3 is 2.49 bits per heavy atom. The number of halogens is 1. The highest BCUT2D eigenvalue weighted by atomic mass is 79.9. The summed E-state index contributed by atoms with van der Waals surface area (Å²) in [5.74, 6) is -0.403. The first kappa shape index (κ1) is 25.4. The number of hydrazone groups is 1. The van der Waals surface area contributed by atoms with E-state index in [9.17, 15) is 14.4 Å². The SMILES string of the molecule is COc1cccc(C(=O)Oc2ccc(/C=N/NC(=O)CNC(=O)c3ccccc3Br)cc2OC)c1. The number of ether oxygens (including phenoxy) is 3. The van der Waals surface area contributed by atoms with Crippen LogP contribution in [0.4, 0.5) is 0 Å². The maximum absolute atomic E-state index is 12.5. The van der Waals surface area contributed by atoms with Gasteiger partial charge in [-0.25, -0.2) is 10.2 Å². The molecule has 2 N–H and O–H groups in total. The Morgan fingerprint density at radius 1 is 0.943 bits per heavy atom. The standard InChI is InChI=1S/C25H22BrN3O6/c1-33-18-7-5-6-17(13-18)25(32)35-21-11-10-16(12-22(21)34-2)14-28-29-23(30)15-27-24(31)19-8-3-4-9-20(19)26/h3-14H,15H2,1-2H3,(H,27,31)(H,29,30)/b28-14+. The van der Waals surface area contributed by atoms with Crippen LogP contribution in [0.15, 0.2) is 76.3 Å². The van der Waals surface area contributed by atoms with Crippen molar-refractivity contribution in [1.29, 1.82) is 0 Å². The first-order chi connectivity index (χ1) is 16.9. The number of hydrogen-bond acceptors (Lipinski definition) is 7. The number of nitrogens with zero attached hydrogens (tertiary/aromatic N) is 1. The molecule has 3 aromatic carbocycles. The average molecular weight is 540 g/mol. The summed E-state index contributed by atoms with van der Waals surface area (Å²) >= 11 is 3.29. The summed E-state index contributed by atoms with van der Waals surface area (Å²) in [7, 11) is 2.95. The summed E-state index contributed by atoms with van der Waals surface area (Å²) in [5.41, 5.74) is 3.66. The van der Waals surface area contributed by atoms with Crippen molar-refractivity contribution in [3.63, 3.8) is 0 Å². The van der Waals surface area contributed by atoms with Gasteiger partial charge in [-0.2, -0.15) is 5.10 Å². The largest absolute Gasteiger partial charge is 0.497 e. The molecule has 0 aliphatic heterocycles. The minimum atomic E-state index is -0.569. The van der Waals surface area contributed by atoms with E-state index in [2.05, 4.69) is 31.8 Å². The first-order valence-electron chi connectivity index (χ1n) is 10.3. The Balaban J connectivity index is 1.56. The molecule has 0 aliphatic rings. The Hall–Kier alpha value is -4.18. The van der Waals surface area contributed by atoms with Crippen LogP contribution in [0, 0.1) is 0 Å². The van der Waals surface area contributed by atoms with Crippen LogP contribution in [-0.4, -0.2) is 44.8 Å². The fourth-order valence-corrected chi connectivity index (χ4v) is 3.34. The molecule has 0 spiro atoms. The molecule has 3 rings (SSSR count). The number of hydrogen-bond donors (Lipinski definition) is 2. The second-order valence-electron chi connectivity index (χ2n) is 6.99. The van der Waals surface area contributed by atoms with Gasteiger partial charge in [0.05, 0.1) is 38.1 Å². The van der Waals surface area contributed by atoms with Crippen LogP contribution in [0.2, 0.25) is 0 Å². The molecule has 0 unspecified atom stereocenters. The lowest BCUT2D eigenvalue weighted by Gasteiger charge is -2.10. The molecule has 0 aliphatic carbocycles. The minimum absolute atomic E-state index is 0.219. The quantitative estimate of drug-likeness (QED) is 0.186. The van der Waals surface area contributed by atoms with Gasteiger partial charge in [-0.1, -0.05) is 18.2 Å². The second-order valence-corrected chi connectivity index (χ2v) is 7.84. The predicted molar refractivity (Wildman–Crippen MR) is 133 cm³/mol. The highest BCUT2D eigenvalue weighted by Gasteiger charge is 2.14. The van der Waals surface area contributed by atoms with Gasteiger partial charge in [0.1, 0.15) is 5.75 Å². The number of carbonyl (C=O) groups excluding carboxylic acids is 3. The van der Waals surface area contributed by atoms with Crippen molar-refractivity contribution in [2.45, 2.75) is 0 Å². The zero-order valence-electron chi connectivity index (χ0n) is 18.9. The number of carbonyl (C=O) groups is 3. The van der Waals surface area contributed by atoms with Gasteiger partial charge >= 0.3 is 5.97 Å². The average Bonchev–Trinajstić information content (AvgIpc) is 2.88. The van der Waals surface area contributed by atoms with E-state index in [1.54, 1.807) is 66.7 Å². The van der Waals surface area contributed by atoms with Crippen LogP contribution in [-0.2, 0) is 4.79 Å². The third-order valence-corrected chi connectivity index (χ3v) is 5.32. The van der Waals surface area contributed by atoms with E-state index in [0.717, 1.165) is 0 Å². The molecule has 0 bridgehead atoms. The molecule has 180 valence electrons. The lowest BCUT2D eigenvalue weighted by Crippen LogP contribution is -2.35. The van der Waals surface area contributed by atoms with Gasteiger partial charge in [-0.3, -0.25) is 9.59 Å². The maximum atomic E-state index is 12.5. The highest BCUT2D eigenvalue weighted by molar-refractivity contribution is 9.10. The number of rotatable bonds is 9. The lowest BCUT2D eigenvalue weighted by atomic mass is 10.2. The second kappa shape index (κ2) is 12.3. The molecular weight excluding hydrogens is 518 g/mol. The third kappa shape index (κ3) is 7.15. The van der Waals surface area contributed by atoms with Crippen molar-refractivity contribution in [3.05, 3.63) is 87.9 Å². The van der Waals surface area contributed by atoms with E-state index in [0.29, 0.717) is 32.7 Å². The maximum Gasteiger partial charge on any atom is 0.343 e. The summed E-state index contributed by atoms with van der Waals surface area (Å²) in [6.07, 6.45) is 1.39. The normalized spacial score (nSPS) is 10.5. The van der Waals surface area contributed by atoms with Gasteiger partial charge in [0.2, 0.25) is 0 Å². The molecule has 3 aromatic rings. The van der Waals surface area contributed by atoms with Gasteiger partial charge in [-0.15, -0.1) is 0 Å². The molecule has 0 saturated carbocycles. The molecule has 0 atom stereocenters. The van der Waals surface area contributed by atoms with Gasteiger partial charge < -0.3 is 19.5 Å². The summed E-state index contributed by atoms with van der Waals surface area (Å²) in [4.78, 5) is 36.6. The predicted octanol–water partition coefficient (Wildman–Crippen LogP) is 3.57. The molecule has 0 heterocycles. The minimum Gasteiger partial charge on any atom is -0.497 e. The summed E-state index contributed by atoms with van der Waals surface area (Å²) in [6.45, 7) is -0.250. The summed E-state index contributed by atoms with van der Waals surface area (Å²) < 4.78 is 16.5. The Bertz CT molecular complexity index is 1260. The van der Waals surface area contributed by atoms with Gasteiger partial charge in [0.15, 0.2) is 11.5 Å². The van der Waals surface area contributed by atoms with Crippen molar-refractivity contribution in [2.24, 2.45) is 5.10 Å². The number of esters is 1. The van der Waals surface area contributed by atoms with Crippen molar-refractivity contribution in [2.75, 3.05) is 20.8 Å². The molecule has 2 amide bonds. The van der Waals surface area contributed by atoms with Crippen molar-refractivity contribution in [3.8, 4) is 17.2 Å². The molecular formula is C25H22BrN3O6. The zero-order valence-corrected chi connectivity index (χ0v) is 20.5. The number of nitrogens with one attached hydrogen (secondary N) is 2. The molecule has 35 heavy (non-hydrogen) atoms. The van der Waals surface area contributed by atoms with E-state index in [1.165, 1.54) is 20.4 Å². The van der Waals surface area contributed by atoms with Crippen molar-refractivity contribution in [1.82, 2.24) is 10.7 Å². The van der Waals surface area contributed by atoms with E-state index in [-0.39, 0.29) is 18.2 Å². The van der Waals surface area contributed by atoms with Crippen LogP contribution in [0.5, 0.6) is 17.2 Å². The first-order valence-corrected chi connectivity index (χ1v) is 11.1. The van der Waals surface area contributed by atoms with Crippen LogP contribution in [0.3, 0.4) is 0 Å².